The lowest BCUT2D eigenvalue weighted by molar-refractivity contribution is 0.0814. The van der Waals surface area contributed by atoms with Crippen LogP contribution in [0.25, 0.3) is 16.9 Å². The number of pyridine rings is 1. The van der Waals surface area contributed by atoms with Crippen LogP contribution in [0.15, 0.2) is 79.0 Å². The lowest BCUT2D eigenvalue weighted by Crippen LogP contribution is -2.17. The van der Waals surface area contributed by atoms with Gasteiger partial charge in [0.1, 0.15) is 22.8 Å². The molecule has 0 bridgehead atoms. The maximum atomic E-state index is 13.1. The van der Waals surface area contributed by atoms with Gasteiger partial charge in [0.25, 0.3) is 5.78 Å². The number of ketones is 2. The number of ether oxygens (including phenoxy) is 1. The molecule has 5 heteroatoms. The Morgan fingerprint density at radius 2 is 1.56 bits per heavy atom. The van der Waals surface area contributed by atoms with E-state index in [0.717, 1.165) is 5.56 Å². The van der Waals surface area contributed by atoms with Gasteiger partial charge in [-0.2, -0.15) is 0 Å². The van der Waals surface area contributed by atoms with Gasteiger partial charge in [0.15, 0.2) is 0 Å². The van der Waals surface area contributed by atoms with E-state index in [1.54, 1.807) is 72.3 Å². The highest BCUT2D eigenvalue weighted by molar-refractivity contribution is 6.49. The number of carbonyl (C=O) groups is 2. The maximum absolute atomic E-state index is 13.1. The van der Waals surface area contributed by atoms with Crippen molar-refractivity contribution >= 4 is 17.2 Å². The third-order valence-corrected chi connectivity index (χ3v) is 4.35. The predicted octanol–water partition coefficient (Wildman–Crippen LogP) is 4.08. The van der Waals surface area contributed by atoms with Crippen LogP contribution in [0.5, 0.6) is 5.75 Å². The van der Waals surface area contributed by atoms with E-state index in [1.807, 2.05) is 18.2 Å². The molecule has 27 heavy (non-hydrogen) atoms. The summed E-state index contributed by atoms with van der Waals surface area (Å²) in [4.78, 5) is 30.4. The minimum absolute atomic E-state index is 0.254. The molecule has 0 fully saturated rings. The Labute approximate surface area is 155 Å². The molecule has 0 spiro atoms. The molecular weight excluding hydrogens is 340 g/mol. The maximum Gasteiger partial charge on any atom is 0.252 e. The number of carbonyl (C=O) groups excluding carboxylic acids is 2. The summed E-state index contributed by atoms with van der Waals surface area (Å²) in [6, 6.07) is 21.2. The molecule has 0 unspecified atom stereocenters. The number of fused-ring (bicyclic) bond motifs is 1. The summed E-state index contributed by atoms with van der Waals surface area (Å²) >= 11 is 0. The smallest absolute Gasteiger partial charge is 0.252 e. The highest BCUT2D eigenvalue weighted by atomic mass is 16.5. The van der Waals surface area contributed by atoms with Gasteiger partial charge in [0, 0.05) is 17.3 Å². The van der Waals surface area contributed by atoms with Crippen molar-refractivity contribution in [1.29, 1.82) is 0 Å². The number of Topliss-reactive ketones (excluding diaryl/α,β-unsaturated/α-hetero) is 2. The Bertz CT molecular complexity index is 1130. The molecule has 0 atom stereocenters. The number of methoxy groups -OCH3 is 1. The summed E-state index contributed by atoms with van der Waals surface area (Å²) in [6.45, 7) is 0. The average molecular weight is 356 g/mol. The Balaban J connectivity index is 1.87. The van der Waals surface area contributed by atoms with Crippen LogP contribution in [-0.4, -0.2) is 28.1 Å². The monoisotopic (exact) mass is 356 g/mol. The summed E-state index contributed by atoms with van der Waals surface area (Å²) in [5.74, 6) is -0.447. The topological polar surface area (TPSA) is 60.7 Å². The third kappa shape index (κ3) is 3.00. The summed E-state index contributed by atoms with van der Waals surface area (Å²) in [7, 11) is 1.59. The average Bonchev–Trinajstić information content (AvgIpc) is 3.13. The fourth-order valence-electron chi connectivity index (χ4n) is 2.99. The van der Waals surface area contributed by atoms with Crippen molar-refractivity contribution in [3.63, 3.8) is 0 Å². The highest BCUT2D eigenvalue weighted by Gasteiger charge is 2.26. The second kappa shape index (κ2) is 6.88. The second-order valence-electron chi connectivity index (χ2n) is 5.99. The van der Waals surface area contributed by atoms with E-state index in [4.69, 9.17) is 4.74 Å². The second-order valence-corrected chi connectivity index (χ2v) is 5.99. The highest BCUT2D eigenvalue weighted by Crippen LogP contribution is 2.27. The van der Waals surface area contributed by atoms with Crippen LogP contribution in [-0.2, 0) is 0 Å². The fraction of sp³-hybridized carbons (Fsp3) is 0.0455. The Kier molecular flexibility index (Phi) is 4.26. The molecule has 0 aliphatic rings. The van der Waals surface area contributed by atoms with Crippen LogP contribution in [0, 0.1) is 0 Å². The number of aromatic nitrogens is 2. The molecule has 2 aromatic heterocycles. The molecule has 2 aromatic carbocycles. The van der Waals surface area contributed by atoms with Crippen molar-refractivity contribution in [3.05, 3.63) is 90.3 Å². The van der Waals surface area contributed by atoms with E-state index in [2.05, 4.69) is 4.98 Å². The number of benzene rings is 2. The van der Waals surface area contributed by atoms with Crippen molar-refractivity contribution in [2.75, 3.05) is 7.11 Å². The van der Waals surface area contributed by atoms with E-state index in [-0.39, 0.29) is 5.69 Å². The van der Waals surface area contributed by atoms with Gasteiger partial charge in [-0.1, -0.05) is 36.4 Å². The molecule has 0 amide bonds. The van der Waals surface area contributed by atoms with Gasteiger partial charge < -0.3 is 4.74 Å². The van der Waals surface area contributed by atoms with E-state index >= 15 is 0 Å². The predicted molar refractivity (Wildman–Crippen MR) is 102 cm³/mol. The molecule has 0 aliphatic carbocycles. The number of hydrogen-bond acceptors (Lipinski definition) is 4. The van der Waals surface area contributed by atoms with Crippen LogP contribution in [0.3, 0.4) is 0 Å². The molecular formula is C22H16N2O3. The molecule has 0 saturated carbocycles. The zero-order valence-electron chi connectivity index (χ0n) is 14.6. The molecule has 2 heterocycles. The van der Waals surface area contributed by atoms with Gasteiger partial charge in [0.05, 0.1) is 7.11 Å². The van der Waals surface area contributed by atoms with Crippen molar-refractivity contribution in [1.82, 2.24) is 9.38 Å². The molecule has 132 valence electrons. The normalized spacial score (nSPS) is 10.7. The SMILES string of the molecule is COc1ccc(-c2nc3ccccn3c2C(=O)C(=O)c2ccccc2)cc1. The lowest BCUT2D eigenvalue weighted by atomic mass is 10.0. The molecule has 0 aliphatic heterocycles. The van der Waals surface area contributed by atoms with Crippen molar-refractivity contribution < 1.29 is 14.3 Å². The van der Waals surface area contributed by atoms with Crippen molar-refractivity contribution in [2.45, 2.75) is 0 Å². The van der Waals surface area contributed by atoms with Crippen LogP contribution < -0.4 is 4.74 Å². The molecule has 0 N–H and O–H groups in total. The van der Waals surface area contributed by atoms with Crippen LogP contribution in [0.2, 0.25) is 0 Å². The fourth-order valence-corrected chi connectivity index (χ4v) is 2.99. The number of rotatable bonds is 5. The van der Waals surface area contributed by atoms with Gasteiger partial charge >= 0.3 is 0 Å². The number of hydrogen-bond donors (Lipinski definition) is 0. The largest absolute Gasteiger partial charge is 0.497 e. The number of nitrogens with zero attached hydrogens (tertiary/aromatic N) is 2. The zero-order chi connectivity index (χ0) is 18.8. The first-order valence-corrected chi connectivity index (χ1v) is 8.44. The Morgan fingerprint density at radius 3 is 2.26 bits per heavy atom. The van der Waals surface area contributed by atoms with Gasteiger partial charge in [-0.3, -0.25) is 14.0 Å². The van der Waals surface area contributed by atoms with Crippen LogP contribution >= 0.6 is 0 Å². The summed E-state index contributed by atoms with van der Waals surface area (Å²) in [5, 5.41) is 0. The summed E-state index contributed by atoms with van der Waals surface area (Å²) < 4.78 is 6.85. The standard InChI is InChI=1S/C22H16N2O3/c1-27-17-12-10-15(11-13-17)19-20(24-14-6-5-9-18(24)23-19)22(26)21(25)16-7-3-2-4-8-16/h2-14H,1H3. The summed E-state index contributed by atoms with van der Waals surface area (Å²) in [6.07, 6.45) is 1.74. The number of imidazole rings is 1. The first-order chi connectivity index (χ1) is 13.2. The molecule has 5 nitrogen and oxygen atoms in total. The third-order valence-electron chi connectivity index (χ3n) is 4.35. The molecule has 4 aromatic rings. The Hall–Kier alpha value is -3.73. The molecule has 0 saturated heterocycles. The van der Waals surface area contributed by atoms with Crippen molar-refractivity contribution in [3.8, 4) is 17.0 Å². The minimum atomic E-state index is -0.592. The minimum Gasteiger partial charge on any atom is -0.497 e. The Morgan fingerprint density at radius 1 is 0.852 bits per heavy atom. The van der Waals surface area contributed by atoms with E-state index in [9.17, 15) is 9.59 Å². The van der Waals surface area contributed by atoms with Gasteiger partial charge in [0.2, 0.25) is 5.78 Å². The van der Waals surface area contributed by atoms with E-state index in [1.165, 1.54) is 0 Å². The van der Waals surface area contributed by atoms with Crippen LogP contribution in [0.4, 0.5) is 0 Å². The van der Waals surface area contributed by atoms with Gasteiger partial charge in [-0.15, -0.1) is 0 Å². The lowest BCUT2D eigenvalue weighted by Gasteiger charge is -2.05. The zero-order valence-corrected chi connectivity index (χ0v) is 14.6. The molecule has 4 rings (SSSR count). The summed E-state index contributed by atoms with van der Waals surface area (Å²) in [5.41, 5.74) is 2.42. The van der Waals surface area contributed by atoms with Crippen molar-refractivity contribution in [2.24, 2.45) is 0 Å². The van der Waals surface area contributed by atoms with E-state index in [0.29, 0.717) is 22.7 Å². The van der Waals surface area contributed by atoms with Gasteiger partial charge in [-0.05, 0) is 36.4 Å². The first-order valence-electron chi connectivity index (χ1n) is 8.44. The quantitative estimate of drug-likeness (QED) is 0.399. The molecule has 0 radical (unpaired) electrons. The van der Waals surface area contributed by atoms with Crippen LogP contribution in [0.1, 0.15) is 20.8 Å². The van der Waals surface area contributed by atoms with E-state index < -0.39 is 11.6 Å². The van der Waals surface area contributed by atoms with Gasteiger partial charge in [-0.25, -0.2) is 4.98 Å². The first kappa shape index (κ1) is 16.7.